The molecule has 0 spiro atoms. The van der Waals surface area contributed by atoms with Crippen molar-refractivity contribution in [3.05, 3.63) is 48.0 Å². The number of hydrogen-bond donors (Lipinski definition) is 3. The van der Waals surface area contributed by atoms with E-state index in [-0.39, 0.29) is 16.3 Å². The van der Waals surface area contributed by atoms with Gasteiger partial charge in [0.2, 0.25) is 0 Å². The molecule has 0 unspecified atom stereocenters. The SMILES string of the molecule is CC(C)c1cccc(NS(=O)(=O)c2ccc(O)c(N)c2)c1. The van der Waals surface area contributed by atoms with Crippen LogP contribution in [0.25, 0.3) is 0 Å². The minimum absolute atomic E-state index is 0.00718. The summed E-state index contributed by atoms with van der Waals surface area (Å²) in [6, 6.07) is 11.0. The van der Waals surface area contributed by atoms with Crippen LogP contribution in [0.2, 0.25) is 0 Å². The number of aromatic hydroxyl groups is 1. The standard InChI is InChI=1S/C15H18N2O3S/c1-10(2)11-4-3-5-12(8-11)17-21(19,20)13-6-7-15(18)14(16)9-13/h3-10,17-18H,16H2,1-2H3. The van der Waals surface area contributed by atoms with E-state index in [1.165, 1.54) is 18.2 Å². The number of sulfonamides is 1. The zero-order chi connectivity index (χ0) is 15.6. The van der Waals surface area contributed by atoms with E-state index in [4.69, 9.17) is 5.73 Å². The van der Waals surface area contributed by atoms with Gasteiger partial charge in [-0.2, -0.15) is 0 Å². The first-order valence-electron chi connectivity index (χ1n) is 6.51. The molecule has 0 amide bonds. The monoisotopic (exact) mass is 306 g/mol. The van der Waals surface area contributed by atoms with E-state index in [2.05, 4.69) is 4.72 Å². The number of benzene rings is 2. The quantitative estimate of drug-likeness (QED) is 0.598. The molecule has 2 rings (SSSR count). The lowest BCUT2D eigenvalue weighted by molar-refractivity contribution is 0.477. The van der Waals surface area contributed by atoms with Crippen molar-refractivity contribution in [2.24, 2.45) is 0 Å². The van der Waals surface area contributed by atoms with E-state index in [0.717, 1.165) is 5.56 Å². The van der Waals surface area contributed by atoms with Crippen LogP contribution in [0.15, 0.2) is 47.4 Å². The molecule has 21 heavy (non-hydrogen) atoms. The third-order valence-electron chi connectivity index (χ3n) is 3.11. The van der Waals surface area contributed by atoms with Crippen LogP contribution in [0.4, 0.5) is 11.4 Å². The fraction of sp³-hybridized carbons (Fsp3) is 0.200. The second kappa shape index (κ2) is 5.65. The van der Waals surface area contributed by atoms with Crippen molar-refractivity contribution >= 4 is 21.4 Å². The molecule has 0 aliphatic heterocycles. The first-order valence-corrected chi connectivity index (χ1v) is 7.99. The molecule has 2 aromatic rings. The van der Waals surface area contributed by atoms with Gasteiger partial charge in [-0.05, 0) is 41.8 Å². The van der Waals surface area contributed by atoms with Gasteiger partial charge in [0.25, 0.3) is 10.0 Å². The molecule has 0 fully saturated rings. The molecule has 0 saturated heterocycles. The molecule has 4 N–H and O–H groups in total. The lowest BCUT2D eigenvalue weighted by Gasteiger charge is -2.11. The topological polar surface area (TPSA) is 92.4 Å². The Balaban J connectivity index is 2.33. The van der Waals surface area contributed by atoms with Crippen LogP contribution < -0.4 is 10.5 Å². The summed E-state index contributed by atoms with van der Waals surface area (Å²) in [6.45, 7) is 4.07. The Labute approximate surface area is 124 Å². The van der Waals surface area contributed by atoms with Gasteiger partial charge in [-0.3, -0.25) is 4.72 Å². The number of rotatable bonds is 4. The summed E-state index contributed by atoms with van der Waals surface area (Å²) in [5, 5.41) is 9.36. The lowest BCUT2D eigenvalue weighted by atomic mass is 10.0. The summed E-state index contributed by atoms with van der Waals surface area (Å²) in [6.07, 6.45) is 0. The second-order valence-corrected chi connectivity index (χ2v) is 6.79. The summed E-state index contributed by atoms with van der Waals surface area (Å²) in [7, 11) is -3.74. The minimum Gasteiger partial charge on any atom is -0.506 e. The summed E-state index contributed by atoms with van der Waals surface area (Å²) in [5.74, 6) is 0.162. The maximum Gasteiger partial charge on any atom is 0.261 e. The summed E-state index contributed by atoms with van der Waals surface area (Å²) < 4.78 is 27.1. The Kier molecular flexibility index (Phi) is 4.09. The molecule has 0 atom stereocenters. The highest BCUT2D eigenvalue weighted by Crippen LogP contribution is 2.25. The number of nitrogens with two attached hydrogens (primary N) is 1. The van der Waals surface area contributed by atoms with Gasteiger partial charge >= 0.3 is 0 Å². The molecule has 6 heteroatoms. The third-order valence-corrected chi connectivity index (χ3v) is 4.49. The van der Waals surface area contributed by atoms with Gasteiger partial charge in [-0.25, -0.2) is 8.42 Å². The van der Waals surface area contributed by atoms with E-state index >= 15 is 0 Å². The summed E-state index contributed by atoms with van der Waals surface area (Å²) in [4.78, 5) is 0.00718. The van der Waals surface area contributed by atoms with E-state index in [1.807, 2.05) is 19.9 Å². The van der Waals surface area contributed by atoms with E-state index in [9.17, 15) is 13.5 Å². The highest BCUT2D eigenvalue weighted by atomic mass is 32.2. The molecular weight excluding hydrogens is 288 g/mol. The summed E-state index contributed by atoms with van der Waals surface area (Å²) in [5.41, 5.74) is 7.09. The van der Waals surface area contributed by atoms with Crippen molar-refractivity contribution in [1.29, 1.82) is 0 Å². The molecule has 0 aliphatic carbocycles. The smallest absolute Gasteiger partial charge is 0.261 e. The highest BCUT2D eigenvalue weighted by Gasteiger charge is 2.16. The maximum atomic E-state index is 12.3. The Morgan fingerprint density at radius 1 is 1.14 bits per heavy atom. The van der Waals surface area contributed by atoms with Crippen LogP contribution in [-0.2, 0) is 10.0 Å². The summed E-state index contributed by atoms with van der Waals surface area (Å²) >= 11 is 0. The molecule has 5 nitrogen and oxygen atoms in total. The minimum atomic E-state index is -3.74. The van der Waals surface area contributed by atoms with Crippen LogP contribution >= 0.6 is 0 Å². The Bertz CT molecular complexity index is 755. The van der Waals surface area contributed by atoms with Crippen molar-refractivity contribution < 1.29 is 13.5 Å². The number of phenols is 1. The maximum absolute atomic E-state index is 12.3. The number of anilines is 2. The zero-order valence-electron chi connectivity index (χ0n) is 11.9. The fourth-order valence-electron chi connectivity index (χ4n) is 1.88. The van der Waals surface area contributed by atoms with Gasteiger partial charge in [0, 0.05) is 5.69 Å². The molecular formula is C15H18N2O3S. The van der Waals surface area contributed by atoms with Crippen molar-refractivity contribution in [3.63, 3.8) is 0 Å². The van der Waals surface area contributed by atoms with Crippen LogP contribution in [0, 0.1) is 0 Å². The number of nitrogen functional groups attached to an aromatic ring is 1. The third kappa shape index (κ3) is 3.46. The van der Waals surface area contributed by atoms with Gasteiger partial charge < -0.3 is 10.8 Å². The van der Waals surface area contributed by atoms with Gasteiger partial charge in [-0.15, -0.1) is 0 Å². The number of nitrogens with one attached hydrogen (secondary N) is 1. The average molecular weight is 306 g/mol. The largest absolute Gasteiger partial charge is 0.506 e. The Morgan fingerprint density at radius 2 is 1.86 bits per heavy atom. The molecule has 0 bridgehead atoms. The van der Waals surface area contributed by atoms with Crippen LogP contribution in [0.3, 0.4) is 0 Å². The van der Waals surface area contributed by atoms with Crippen LogP contribution in [-0.4, -0.2) is 13.5 Å². The second-order valence-electron chi connectivity index (χ2n) is 5.11. The molecule has 0 aliphatic rings. The molecule has 0 aromatic heterocycles. The first kappa shape index (κ1) is 15.2. The number of hydrogen-bond acceptors (Lipinski definition) is 4. The van der Waals surface area contributed by atoms with Crippen LogP contribution in [0.5, 0.6) is 5.75 Å². The molecule has 0 radical (unpaired) electrons. The molecule has 0 heterocycles. The van der Waals surface area contributed by atoms with Gasteiger partial charge in [0.05, 0.1) is 10.6 Å². The average Bonchev–Trinajstić information content (AvgIpc) is 2.41. The van der Waals surface area contributed by atoms with Crippen molar-refractivity contribution in [2.45, 2.75) is 24.7 Å². The van der Waals surface area contributed by atoms with Crippen molar-refractivity contribution in [1.82, 2.24) is 0 Å². The van der Waals surface area contributed by atoms with Gasteiger partial charge in [0.1, 0.15) is 5.75 Å². The predicted octanol–water partition coefficient (Wildman–Crippen LogP) is 2.90. The van der Waals surface area contributed by atoms with Crippen molar-refractivity contribution in [3.8, 4) is 5.75 Å². The first-order chi connectivity index (χ1) is 9.79. The number of phenolic OH excluding ortho intramolecular Hbond substituents is 1. The Hall–Kier alpha value is -2.21. The van der Waals surface area contributed by atoms with Gasteiger partial charge in [-0.1, -0.05) is 26.0 Å². The van der Waals surface area contributed by atoms with Gasteiger partial charge in [0.15, 0.2) is 0 Å². The van der Waals surface area contributed by atoms with Crippen molar-refractivity contribution in [2.75, 3.05) is 10.5 Å². The lowest BCUT2D eigenvalue weighted by Crippen LogP contribution is -2.13. The van der Waals surface area contributed by atoms with Crippen LogP contribution in [0.1, 0.15) is 25.3 Å². The fourth-order valence-corrected chi connectivity index (χ4v) is 2.96. The Morgan fingerprint density at radius 3 is 2.48 bits per heavy atom. The van der Waals surface area contributed by atoms with E-state index < -0.39 is 10.0 Å². The predicted molar refractivity (Wildman–Crippen MR) is 83.9 cm³/mol. The zero-order valence-corrected chi connectivity index (χ0v) is 12.7. The highest BCUT2D eigenvalue weighted by molar-refractivity contribution is 7.92. The molecule has 0 saturated carbocycles. The molecule has 112 valence electrons. The molecule has 2 aromatic carbocycles. The van der Waals surface area contributed by atoms with E-state index in [1.54, 1.807) is 18.2 Å². The normalized spacial score (nSPS) is 11.6. The van der Waals surface area contributed by atoms with E-state index in [0.29, 0.717) is 11.6 Å².